The molecule has 0 bridgehead atoms. The van der Waals surface area contributed by atoms with Crippen LogP contribution >= 0.6 is 0 Å². The summed E-state index contributed by atoms with van der Waals surface area (Å²) in [5.41, 5.74) is 4.59. The summed E-state index contributed by atoms with van der Waals surface area (Å²) >= 11 is 0. The van der Waals surface area contributed by atoms with E-state index >= 15 is 0 Å². The molecule has 0 spiro atoms. The molecule has 1 heterocycles. The second-order valence-electron chi connectivity index (χ2n) is 8.65. The Morgan fingerprint density at radius 1 is 1.09 bits per heavy atom. The van der Waals surface area contributed by atoms with Crippen molar-refractivity contribution in [3.05, 3.63) is 71.4 Å². The third-order valence-electron chi connectivity index (χ3n) is 6.18. The first kappa shape index (κ1) is 24.0. The number of aromatic carboxylic acids is 1. The first-order chi connectivity index (χ1) is 16.8. The number of nitrogens with one attached hydrogen (secondary N) is 2. The standard InChI is InChI=1S/C26H28N4O5/c1-16(8-7-13-23(31)29-24-21(25(32)33)14-27-30(24)2)28-26(34)35-15-22-19-11-5-3-9-17(19)18-10-4-6-12-20(18)22/h3-6,9-12,14,16,22H,7-8,13,15H2,1-2H3,(H,28,34)(H,29,31)(H,32,33). The number of alkyl carbamates (subject to hydrolysis) is 1. The molecule has 0 fully saturated rings. The smallest absolute Gasteiger partial charge is 0.407 e. The number of rotatable bonds is 9. The van der Waals surface area contributed by atoms with Gasteiger partial charge in [-0.25, -0.2) is 9.59 Å². The highest BCUT2D eigenvalue weighted by atomic mass is 16.5. The summed E-state index contributed by atoms with van der Waals surface area (Å²) in [6.07, 6.45) is 1.95. The predicted octanol–water partition coefficient (Wildman–Crippen LogP) is 4.15. The molecular weight excluding hydrogens is 448 g/mol. The minimum absolute atomic E-state index is 0.00477. The predicted molar refractivity (Wildman–Crippen MR) is 130 cm³/mol. The van der Waals surface area contributed by atoms with Crippen molar-refractivity contribution in [2.24, 2.45) is 7.05 Å². The van der Waals surface area contributed by atoms with E-state index in [0.717, 1.165) is 11.1 Å². The Bertz CT molecular complexity index is 1210. The minimum Gasteiger partial charge on any atom is -0.477 e. The highest BCUT2D eigenvalue weighted by Crippen LogP contribution is 2.44. The Morgan fingerprint density at radius 2 is 1.71 bits per heavy atom. The molecule has 9 heteroatoms. The average molecular weight is 477 g/mol. The van der Waals surface area contributed by atoms with E-state index in [4.69, 9.17) is 4.74 Å². The number of carbonyl (C=O) groups is 3. The van der Waals surface area contributed by atoms with Crippen molar-refractivity contribution < 1.29 is 24.2 Å². The zero-order valence-electron chi connectivity index (χ0n) is 19.7. The molecule has 3 aromatic rings. The van der Waals surface area contributed by atoms with Crippen molar-refractivity contribution in [3.8, 4) is 11.1 Å². The molecule has 1 aromatic heterocycles. The van der Waals surface area contributed by atoms with Gasteiger partial charge in [0, 0.05) is 25.4 Å². The summed E-state index contributed by atoms with van der Waals surface area (Å²) in [5, 5.41) is 18.5. The van der Waals surface area contributed by atoms with Gasteiger partial charge in [-0.2, -0.15) is 5.10 Å². The Kier molecular flexibility index (Phi) is 7.14. The van der Waals surface area contributed by atoms with E-state index in [2.05, 4.69) is 40.0 Å². The van der Waals surface area contributed by atoms with Crippen molar-refractivity contribution in [3.63, 3.8) is 0 Å². The molecule has 0 saturated carbocycles. The van der Waals surface area contributed by atoms with Crippen molar-refractivity contribution in [2.75, 3.05) is 11.9 Å². The number of aromatic nitrogens is 2. The van der Waals surface area contributed by atoms with Gasteiger partial charge < -0.3 is 20.5 Å². The number of aryl methyl sites for hydroxylation is 1. The van der Waals surface area contributed by atoms with Gasteiger partial charge in [-0.15, -0.1) is 0 Å². The van der Waals surface area contributed by atoms with Gasteiger partial charge in [0.1, 0.15) is 18.0 Å². The van der Waals surface area contributed by atoms with Crippen LogP contribution in [0.15, 0.2) is 54.7 Å². The lowest BCUT2D eigenvalue weighted by molar-refractivity contribution is -0.116. The van der Waals surface area contributed by atoms with Crippen molar-refractivity contribution in [1.82, 2.24) is 15.1 Å². The van der Waals surface area contributed by atoms with Gasteiger partial charge in [-0.3, -0.25) is 9.48 Å². The summed E-state index contributed by atoms with van der Waals surface area (Å²) in [6.45, 7) is 2.09. The van der Waals surface area contributed by atoms with Crippen LogP contribution in [0, 0.1) is 0 Å². The molecule has 1 unspecified atom stereocenters. The van der Waals surface area contributed by atoms with Crippen LogP contribution in [0.5, 0.6) is 0 Å². The van der Waals surface area contributed by atoms with Crippen molar-refractivity contribution in [2.45, 2.75) is 38.1 Å². The van der Waals surface area contributed by atoms with Crippen LogP contribution in [-0.2, 0) is 16.6 Å². The minimum atomic E-state index is -1.16. The first-order valence-corrected chi connectivity index (χ1v) is 11.5. The molecule has 1 aliphatic rings. The number of hydrogen-bond donors (Lipinski definition) is 3. The summed E-state index contributed by atoms with van der Waals surface area (Å²) in [4.78, 5) is 35.9. The first-order valence-electron chi connectivity index (χ1n) is 11.5. The molecule has 1 aliphatic carbocycles. The van der Waals surface area contributed by atoms with Gasteiger partial charge in [0.2, 0.25) is 5.91 Å². The number of benzene rings is 2. The van der Waals surface area contributed by atoms with E-state index in [1.165, 1.54) is 22.0 Å². The molecule has 0 aliphatic heterocycles. The zero-order valence-corrected chi connectivity index (χ0v) is 19.7. The third kappa shape index (κ3) is 5.34. The maximum Gasteiger partial charge on any atom is 0.407 e. The molecule has 2 aromatic carbocycles. The van der Waals surface area contributed by atoms with Crippen LogP contribution in [0.1, 0.15) is 53.6 Å². The lowest BCUT2D eigenvalue weighted by atomic mass is 9.98. The number of carboxylic acids is 1. The van der Waals surface area contributed by atoms with Gasteiger partial charge in [-0.1, -0.05) is 48.5 Å². The highest BCUT2D eigenvalue weighted by molar-refractivity contribution is 5.99. The van der Waals surface area contributed by atoms with E-state index < -0.39 is 12.1 Å². The van der Waals surface area contributed by atoms with E-state index in [0.29, 0.717) is 12.8 Å². The molecule has 4 rings (SSSR count). The quantitative estimate of drug-likeness (QED) is 0.426. The molecule has 0 radical (unpaired) electrons. The topological polar surface area (TPSA) is 123 Å². The third-order valence-corrected chi connectivity index (χ3v) is 6.18. The van der Waals surface area contributed by atoms with Gasteiger partial charge in [-0.05, 0) is 42.0 Å². The van der Waals surface area contributed by atoms with Crippen LogP contribution in [-0.4, -0.2) is 45.5 Å². The van der Waals surface area contributed by atoms with Crippen LogP contribution in [0.3, 0.4) is 0 Å². The SMILES string of the molecule is CC(CCCC(=O)Nc1c(C(=O)O)cnn1C)NC(=O)OCC1c2ccccc2-c2ccccc21. The number of nitrogens with zero attached hydrogens (tertiary/aromatic N) is 2. The van der Waals surface area contributed by atoms with Crippen LogP contribution in [0.4, 0.5) is 10.6 Å². The fourth-order valence-corrected chi connectivity index (χ4v) is 4.42. The Balaban J connectivity index is 1.22. The van der Waals surface area contributed by atoms with E-state index in [-0.39, 0.29) is 42.3 Å². The fourth-order valence-electron chi connectivity index (χ4n) is 4.42. The van der Waals surface area contributed by atoms with Crippen LogP contribution in [0.2, 0.25) is 0 Å². The number of fused-ring (bicyclic) bond motifs is 3. The fraction of sp³-hybridized carbons (Fsp3) is 0.308. The number of carboxylic acid groups (broad SMARTS) is 1. The molecule has 182 valence electrons. The van der Waals surface area contributed by atoms with Gasteiger partial charge in [0.05, 0.1) is 6.20 Å². The number of anilines is 1. The van der Waals surface area contributed by atoms with E-state index in [1.54, 1.807) is 7.05 Å². The van der Waals surface area contributed by atoms with Gasteiger partial charge in [0.25, 0.3) is 0 Å². The maximum absolute atomic E-state index is 12.4. The zero-order chi connectivity index (χ0) is 24.9. The van der Waals surface area contributed by atoms with Crippen molar-refractivity contribution in [1.29, 1.82) is 0 Å². The molecular formula is C26H28N4O5. The Labute approximate surface area is 203 Å². The average Bonchev–Trinajstić information content (AvgIpc) is 3.35. The normalized spacial score (nSPS) is 13.0. The molecule has 2 amide bonds. The maximum atomic E-state index is 12.4. The Morgan fingerprint density at radius 3 is 2.34 bits per heavy atom. The second-order valence-corrected chi connectivity index (χ2v) is 8.65. The summed E-state index contributed by atoms with van der Waals surface area (Å²) in [6, 6.07) is 16.1. The Hall–Kier alpha value is -4.14. The highest BCUT2D eigenvalue weighted by Gasteiger charge is 2.29. The summed E-state index contributed by atoms with van der Waals surface area (Å²) < 4.78 is 6.87. The van der Waals surface area contributed by atoms with Gasteiger partial charge >= 0.3 is 12.1 Å². The number of ether oxygens (including phenoxy) is 1. The number of hydrogen-bond acceptors (Lipinski definition) is 5. The number of amides is 2. The largest absolute Gasteiger partial charge is 0.477 e. The van der Waals surface area contributed by atoms with E-state index in [9.17, 15) is 19.5 Å². The van der Waals surface area contributed by atoms with E-state index in [1.807, 2.05) is 31.2 Å². The molecule has 3 N–H and O–H groups in total. The molecule has 1 atom stereocenters. The monoisotopic (exact) mass is 476 g/mol. The second kappa shape index (κ2) is 10.4. The molecule has 9 nitrogen and oxygen atoms in total. The lowest BCUT2D eigenvalue weighted by Gasteiger charge is -2.17. The lowest BCUT2D eigenvalue weighted by Crippen LogP contribution is -2.34. The van der Waals surface area contributed by atoms with Crippen LogP contribution in [0.25, 0.3) is 11.1 Å². The summed E-state index contributed by atoms with van der Waals surface area (Å²) in [7, 11) is 1.56. The molecule has 35 heavy (non-hydrogen) atoms. The van der Waals surface area contributed by atoms with Crippen LogP contribution < -0.4 is 10.6 Å². The number of carbonyl (C=O) groups excluding carboxylic acids is 2. The molecule has 0 saturated heterocycles. The van der Waals surface area contributed by atoms with Crippen molar-refractivity contribution >= 4 is 23.8 Å². The van der Waals surface area contributed by atoms with Gasteiger partial charge in [0.15, 0.2) is 0 Å². The summed E-state index contributed by atoms with van der Waals surface area (Å²) in [5.74, 6) is -1.33.